The minimum absolute atomic E-state index is 0.0104. The summed E-state index contributed by atoms with van der Waals surface area (Å²) in [5, 5.41) is 8.66. The van der Waals surface area contributed by atoms with Crippen LogP contribution >= 0.6 is 27.3 Å². The second-order valence-corrected chi connectivity index (χ2v) is 6.12. The SMILES string of the molecule is O=C(O)c1cc(F)c(OCc2ccc(Br)s2)c(F)c1. The summed E-state index contributed by atoms with van der Waals surface area (Å²) in [4.78, 5) is 11.4. The predicted octanol–water partition coefficient (Wildman–Crippen LogP) is 4.07. The Balaban J connectivity index is 2.18. The first-order valence-corrected chi connectivity index (χ1v) is 6.67. The van der Waals surface area contributed by atoms with Gasteiger partial charge in [0.05, 0.1) is 9.35 Å². The number of halogens is 3. The lowest BCUT2D eigenvalue weighted by Gasteiger charge is -2.08. The van der Waals surface area contributed by atoms with Crippen molar-refractivity contribution >= 4 is 33.2 Å². The van der Waals surface area contributed by atoms with E-state index in [2.05, 4.69) is 15.9 Å². The summed E-state index contributed by atoms with van der Waals surface area (Å²) in [6.45, 7) is 0.0104. The van der Waals surface area contributed by atoms with Crippen LogP contribution in [0.4, 0.5) is 8.78 Å². The fraction of sp³-hybridized carbons (Fsp3) is 0.0833. The highest BCUT2D eigenvalue weighted by Gasteiger charge is 2.16. The third kappa shape index (κ3) is 3.30. The first-order valence-electron chi connectivity index (χ1n) is 5.06. The smallest absolute Gasteiger partial charge is 0.335 e. The summed E-state index contributed by atoms with van der Waals surface area (Å²) in [5.74, 6) is -4.04. The number of carboxylic acid groups (broad SMARTS) is 1. The number of aromatic carboxylic acids is 1. The monoisotopic (exact) mass is 348 g/mol. The minimum Gasteiger partial charge on any atom is -0.482 e. The van der Waals surface area contributed by atoms with Gasteiger partial charge >= 0.3 is 5.97 Å². The van der Waals surface area contributed by atoms with Crippen molar-refractivity contribution in [3.8, 4) is 5.75 Å². The highest BCUT2D eigenvalue weighted by atomic mass is 79.9. The zero-order valence-electron chi connectivity index (χ0n) is 9.32. The molecular weight excluding hydrogens is 342 g/mol. The van der Waals surface area contributed by atoms with Crippen LogP contribution < -0.4 is 4.74 Å². The average Bonchev–Trinajstić information content (AvgIpc) is 2.73. The number of hydrogen-bond acceptors (Lipinski definition) is 3. The van der Waals surface area contributed by atoms with Gasteiger partial charge in [-0.1, -0.05) is 0 Å². The number of rotatable bonds is 4. The second kappa shape index (κ2) is 5.66. The zero-order chi connectivity index (χ0) is 14.0. The molecule has 1 aromatic carbocycles. The van der Waals surface area contributed by atoms with Crippen LogP contribution in [0.1, 0.15) is 15.2 Å². The summed E-state index contributed by atoms with van der Waals surface area (Å²) in [6.07, 6.45) is 0. The molecule has 0 fully saturated rings. The summed E-state index contributed by atoms with van der Waals surface area (Å²) in [5.41, 5.74) is -0.457. The van der Waals surface area contributed by atoms with Gasteiger partial charge < -0.3 is 9.84 Å². The van der Waals surface area contributed by atoms with E-state index in [9.17, 15) is 13.6 Å². The largest absolute Gasteiger partial charge is 0.482 e. The lowest BCUT2D eigenvalue weighted by molar-refractivity contribution is 0.0695. The summed E-state index contributed by atoms with van der Waals surface area (Å²) < 4.78 is 33.0. The lowest BCUT2D eigenvalue weighted by Crippen LogP contribution is -2.03. The first kappa shape index (κ1) is 14.0. The van der Waals surface area contributed by atoms with Crippen LogP contribution in [0.2, 0.25) is 0 Å². The number of carbonyl (C=O) groups is 1. The highest BCUT2D eigenvalue weighted by molar-refractivity contribution is 9.11. The zero-order valence-corrected chi connectivity index (χ0v) is 11.7. The van der Waals surface area contributed by atoms with Crippen LogP contribution in [0.3, 0.4) is 0 Å². The molecule has 0 amide bonds. The van der Waals surface area contributed by atoms with E-state index in [4.69, 9.17) is 9.84 Å². The molecule has 0 radical (unpaired) electrons. The highest BCUT2D eigenvalue weighted by Crippen LogP contribution is 2.27. The Labute approximate surface area is 119 Å². The van der Waals surface area contributed by atoms with E-state index >= 15 is 0 Å². The van der Waals surface area contributed by atoms with Gasteiger partial charge in [0.1, 0.15) is 6.61 Å². The van der Waals surface area contributed by atoms with Crippen molar-refractivity contribution in [3.05, 3.63) is 50.1 Å². The molecular formula is C12H7BrF2O3S. The van der Waals surface area contributed by atoms with E-state index in [0.717, 1.165) is 20.8 Å². The fourth-order valence-electron chi connectivity index (χ4n) is 1.39. The molecule has 0 unspecified atom stereocenters. The standard InChI is InChI=1S/C12H7BrF2O3S/c13-10-2-1-7(19-10)5-18-11-8(14)3-6(12(16)17)4-9(11)15/h1-4H,5H2,(H,16,17). The number of thiophene rings is 1. The van der Waals surface area contributed by atoms with Gasteiger partial charge in [0.25, 0.3) is 0 Å². The van der Waals surface area contributed by atoms with Crippen LogP contribution in [0, 0.1) is 11.6 Å². The molecule has 0 atom stereocenters. The Bertz CT molecular complexity index is 604. The Morgan fingerprint density at radius 1 is 1.32 bits per heavy atom. The molecule has 3 nitrogen and oxygen atoms in total. The molecule has 1 N–H and O–H groups in total. The number of benzene rings is 1. The number of carboxylic acids is 1. The van der Waals surface area contributed by atoms with Crippen LogP contribution in [0.5, 0.6) is 5.75 Å². The maximum Gasteiger partial charge on any atom is 0.335 e. The maximum atomic E-state index is 13.5. The molecule has 0 spiro atoms. The average molecular weight is 349 g/mol. The van der Waals surface area contributed by atoms with Crippen LogP contribution in [-0.2, 0) is 6.61 Å². The van der Waals surface area contributed by atoms with E-state index in [1.807, 2.05) is 0 Å². The molecule has 1 heterocycles. The predicted molar refractivity (Wildman–Crippen MR) is 69.7 cm³/mol. The van der Waals surface area contributed by atoms with Crippen molar-refractivity contribution < 1.29 is 23.4 Å². The first-order chi connectivity index (χ1) is 8.97. The third-order valence-corrected chi connectivity index (χ3v) is 3.83. The van der Waals surface area contributed by atoms with Crippen molar-refractivity contribution in [2.75, 3.05) is 0 Å². The van der Waals surface area contributed by atoms with Gasteiger partial charge in [-0.25, -0.2) is 13.6 Å². The molecule has 2 rings (SSSR count). The van der Waals surface area contributed by atoms with Gasteiger partial charge in [-0.2, -0.15) is 0 Å². The van der Waals surface area contributed by atoms with E-state index in [0.29, 0.717) is 0 Å². The van der Waals surface area contributed by atoms with Gasteiger partial charge in [0.15, 0.2) is 17.4 Å². The minimum atomic E-state index is -1.40. The van der Waals surface area contributed by atoms with Crippen LogP contribution in [0.15, 0.2) is 28.1 Å². The van der Waals surface area contributed by atoms with Crippen molar-refractivity contribution in [2.45, 2.75) is 6.61 Å². The number of hydrogen-bond donors (Lipinski definition) is 1. The molecule has 0 aliphatic heterocycles. The molecule has 0 saturated carbocycles. The van der Waals surface area contributed by atoms with Crippen LogP contribution in [0.25, 0.3) is 0 Å². The molecule has 19 heavy (non-hydrogen) atoms. The van der Waals surface area contributed by atoms with Gasteiger partial charge in [0.2, 0.25) is 0 Å². The topological polar surface area (TPSA) is 46.5 Å². The Morgan fingerprint density at radius 3 is 2.42 bits per heavy atom. The van der Waals surface area contributed by atoms with Crippen molar-refractivity contribution in [2.24, 2.45) is 0 Å². The molecule has 0 saturated heterocycles. The summed E-state index contributed by atoms with van der Waals surface area (Å²) in [6, 6.07) is 5.01. The summed E-state index contributed by atoms with van der Waals surface area (Å²) >= 11 is 4.64. The molecule has 100 valence electrons. The van der Waals surface area contributed by atoms with E-state index in [1.165, 1.54) is 11.3 Å². The summed E-state index contributed by atoms with van der Waals surface area (Å²) in [7, 11) is 0. The van der Waals surface area contributed by atoms with Gasteiger partial charge in [-0.3, -0.25) is 0 Å². The Morgan fingerprint density at radius 2 is 1.95 bits per heavy atom. The fourth-order valence-corrected chi connectivity index (χ4v) is 2.79. The normalized spacial score (nSPS) is 10.5. The van der Waals surface area contributed by atoms with Crippen molar-refractivity contribution in [1.82, 2.24) is 0 Å². The Kier molecular flexibility index (Phi) is 4.16. The van der Waals surface area contributed by atoms with Crippen molar-refractivity contribution in [3.63, 3.8) is 0 Å². The lowest BCUT2D eigenvalue weighted by atomic mass is 10.2. The number of ether oxygens (including phenoxy) is 1. The van der Waals surface area contributed by atoms with Gasteiger partial charge in [-0.15, -0.1) is 11.3 Å². The van der Waals surface area contributed by atoms with Gasteiger partial charge in [-0.05, 0) is 40.2 Å². The third-order valence-electron chi connectivity index (χ3n) is 2.23. The molecule has 1 aromatic heterocycles. The van der Waals surface area contributed by atoms with E-state index in [-0.39, 0.29) is 6.61 Å². The molecule has 0 aliphatic carbocycles. The molecule has 2 aromatic rings. The maximum absolute atomic E-state index is 13.5. The molecule has 0 bridgehead atoms. The van der Waals surface area contributed by atoms with E-state index < -0.39 is 28.9 Å². The van der Waals surface area contributed by atoms with Crippen LogP contribution in [-0.4, -0.2) is 11.1 Å². The molecule has 0 aliphatic rings. The van der Waals surface area contributed by atoms with Crippen molar-refractivity contribution in [1.29, 1.82) is 0 Å². The Hall–Kier alpha value is -1.47. The quantitative estimate of drug-likeness (QED) is 0.905. The van der Waals surface area contributed by atoms with Gasteiger partial charge in [0, 0.05) is 4.88 Å². The van der Waals surface area contributed by atoms with E-state index in [1.54, 1.807) is 12.1 Å². The second-order valence-electron chi connectivity index (χ2n) is 3.57. The molecule has 7 heteroatoms.